The van der Waals surface area contributed by atoms with Gasteiger partial charge in [0.25, 0.3) is 5.56 Å². The number of halogens is 2. The molecule has 5 nitrogen and oxygen atoms in total. The maximum atomic E-state index is 12.3. The number of nitrogens with one attached hydrogen (secondary N) is 2. The van der Waals surface area contributed by atoms with Crippen LogP contribution in [0.15, 0.2) is 52.4 Å². The van der Waals surface area contributed by atoms with Gasteiger partial charge in [-0.1, -0.05) is 66.5 Å². The standard InChI is InChI=1S/C21H21Cl2N3O2S/c1-2-5-13(15-9-8-14(22)10-17(15)23)11-24-19(27)12-29-21-25-18-7-4-3-6-16(18)20(28)26-21/h3-4,6-10,13H,2,5,11-12H2,1H3,(H,24,27)(H,25,26,28). The van der Waals surface area contributed by atoms with Crippen molar-refractivity contribution >= 4 is 51.8 Å². The number of benzene rings is 2. The average Bonchev–Trinajstić information content (AvgIpc) is 2.70. The lowest BCUT2D eigenvalue weighted by atomic mass is 9.94. The predicted molar refractivity (Wildman–Crippen MR) is 120 cm³/mol. The van der Waals surface area contributed by atoms with Gasteiger partial charge in [-0.05, 0) is 36.2 Å². The number of fused-ring (bicyclic) bond motifs is 1. The van der Waals surface area contributed by atoms with Gasteiger partial charge in [-0.2, -0.15) is 0 Å². The number of aromatic nitrogens is 2. The minimum absolute atomic E-state index is 0.109. The number of carbonyl (C=O) groups is 1. The Balaban J connectivity index is 1.60. The zero-order valence-corrected chi connectivity index (χ0v) is 18.2. The fourth-order valence-corrected chi connectivity index (χ4v) is 4.36. The van der Waals surface area contributed by atoms with E-state index in [1.807, 2.05) is 18.2 Å². The molecule has 1 unspecified atom stereocenters. The van der Waals surface area contributed by atoms with Crippen LogP contribution in [0.25, 0.3) is 10.9 Å². The minimum atomic E-state index is -0.209. The first-order chi connectivity index (χ1) is 14.0. The smallest absolute Gasteiger partial charge is 0.259 e. The number of nitrogens with zero attached hydrogens (tertiary/aromatic N) is 1. The summed E-state index contributed by atoms with van der Waals surface area (Å²) in [5.74, 6) is 0.142. The van der Waals surface area contributed by atoms with Crippen molar-refractivity contribution < 1.29 is 4.79 Å². The summed E-state index contributed by atoms with van der Waals surface area (Å²) < 4.78 is 0. The fourth-order valence-electron chi connectivity index (χ4n) is 3.10. The van der Waals surface area contributed by atoms with Gasteiger partial charge >= 0.3 is 0 Å². The predicted octanol–water partition coefficient (Wildman–Crippen LogP) is 5.02. The van der Waals surface area contributed by atoms with Gasteiger partial charge in [0, 0.05) is 22.5 Å². The Hall–Kier alpha value is -2.02. The van der Waals surface area contributed by atoms with Crippen molar-refractivity contribution in [2.24, 2.45) is 0 Å². The Labute approximate surface area is 183 Å². The maximum Gasteiger partial charge on any atom is 0.259 e. The second kappa shape index (κ2) is 10.1. The molecular weight excluding hydrogens is 429 g/mol. The summed E-state index contributed by atoms with van der Waals surface area (Å²) in [5, 5.41) is 5.11. The number of hydrogen-bond acceptors (Lipinski definition) is 4. The van der Waals surface area contributed by atoms with Crippen LogP contribution in [0, 0.1) is 0 Å². The third-order valence-electron chi connectivity index (χ3n) is 4.52. The monoisotopic (exact) mass is 449 g/mol. The number of amides is 1. The highest BCUT2D eigenvalue weighted by atomic mass is 35.5. The summed E-state index contributed by atoms with van der Waals surface area (Å²) in [4.78, 5) is 31.6. The zero-order chi connectivity index (χ0) is 20.8. The van der Waals surface area contributed by atoms with Crippen LogP contribution in [-0.2, 0) is 4.79 Å². The lowest BCUT2D eigenvalue weighted by Crippen LogP contribution is -2.30. The molecule has 0 bridgehead atoms. The van der Waals surface area contributed by atoms with Crippen molar-refractivity contribution in [3.05, 3.63) is 68.4 Å². The number of rotatable bonds is 8. The molecule has 1 atom stereocenters. The minimum Gasteiger partial charge on any atom is -0.355 e. The van der Waals surface area contributed by atoms with E-state index in [9.17, 15) is 9.59 Å². The lowest BCUT2D eigenvalue weighted by Gasteiger charge is -2.19. The molecule has 0 saturated carbocycles. The molecule has 1 amide bonds. The van der Waals surface area contributed by atoms with Gasteiger partial charge in [-0.25, -0.2) is 4.98 Å². The van der Waals surface area contributed by atoms with Crippen molar-refractivity contribution in [1.82, 2.24) is 15.3 Å². The van der Waals surface area contributed by atoms with E-state index in [2.05, 4.69) is 22.2 Å². The van der Waals surface area contributed by atoms with Crippen LogP contribution in [0.4, 0.5) is 0 Å². The van der Waals surface area contributed by atoms with E-state index < -0.39 is 0 Å². The van der Waals surface area contributed by atoms with Crippen molar-refractivity contribution in [1.29, 1.82) is 0 Å². The molecule has 3 aromatic rings. The van der Waals surface area contributed by atoms with Crippen LogP contribution < -0.4 is 10.9 Å². The Morgan fingerprint density at radius 1 is 1.24 bits per heavy atom. The number of H-pyrrole nitrogens is 1. The summed E-state index contributed by atoms with van der Waals surface area (Å²) >= 11 is 13.5. The third kappa shape index (κ3) is 5.75. The Morgan fingerprint density at radius 2 is 2.03 bits per heavy atom. The molecule has 2 aromatic carbocycles. The van der Waals surface area contributed by atoms with Crippen LogP contribution in [0.3, 0.4) is 0 Å². The first-order valence-electron chi connectivity index (χ1n) is 9.31. The second-order valence-electron chi connectivity index (χ2n) is 6.63. The first-order valence-corrected chi connectivity index (χ1v) is 11.1. The van der Waals surface area contributed by atoms with E-state index >= 15 is 0 Å². The normalized spacial score (nSPS) is 12.1. The summed E-state index contributed by atoms with van der Waals surface area (Å²) in [6.45, 7) is 2.58. The van der Waals surface area contributed by atoms with E-state index in [-0.39, 0.29) is 23.1 Å². The lowest BCUT2D eigenvalue weighted by molar-refractivity contribution is -0.118. The fraction of sp³-hybridized carbons (Fsp3) is 0.286. The van der Waals surface area contributed by atoms with Gasteiger partial charge in [0.15, 0.2) is 5.16 Å². The number of thioether (sulfide) groups is 1. The highest BCUT2D eigenvalue weighted by Gasteiger charge is 2.16. The van der Waals surface area contributed by atoms with E-state index in [1.165, 1.54) is 11.8 Å². The Kier molecular flexibility index (Phi) is 7.58. The second-order valence-corrected chi connectivity index (χ2v) is 8.44. The van der Waals surface area contributed by atoms with Gasteiger partial charge in [-0.15, -0.1) is 0 Å². The topological polar surface area (TPSA) is 74.8 Å². The maximum absolute atomic E-state index is 12.3. The highest BCUT2D eigenvalue weighted by molar-refractivity contribution is 7.99. The molecule has 0 saturated heterocycles. The van der Waals surface area contributed by atoms with E-state index in [0.717, 1.165) is 18.4 Å². The molecule has 0 spiro atoms. The van der Waals surface area contributed by atoms with Gasteiger partial charge in [0.1, 0.15) is 0 Å². The summed E-state index contributed by atoms with van der Waals surface area (Å²) in [7, 11) is 0. The van der Waals surface area contributed by atoms with Crippen molar-refractivity contribution in [3.8, 4) is 0 Å². The van der Waals surface area contributed by atoms with Crippen molar-refractivity contribution in [3.63, 3.8) is 0 Å². The summed E-state index contributed by atoms with van der Waals surface area (Å²) in [6, 6.07) is 12.6. The Morgan fingerprint density at radius 3 is 2.79 bits per heavy atom. The van der Waals surface area contributed by atoms with Gasteiger partial charge in [-0.3, -0.25) is 9.59 Å². The molecule has 1 aromatic heterocycles. The average molecular weight is 450 g/mol. The highest BCUT2D eigenvalue weighted by Crippen LogP contribution is 2.30. The van der Waals surface area contributed by atoms with Gasteiger partial charge in [0.2, 0.25) is 5.91 Å². The van der Waals surface area contributed by atoms with E-state index in [1.54, 1.807) is 24.3 Å². The molecule has 152 valence electrons. The number of carbonyl (C=O) groups excluding carboxylic acids is 1. The van der Waals surface area contributed by atoms with E-state index in [0.29, 0.717) is 32.6 Å². The molecule has 1 heterocycles. The SMILES string of the molecule is CCCC(CNC(=O)CSc1nc2ccccc2c(=O)[nH]1)c1ccc(Cl)cc1Cl. The molecular formula is C21H21Cl2N3O2S. The molecule has 2 N–H and O–H groups in total. The molecule has 3 rings (SSSR count). The van der Waals surface area contributed by atoms with E-state index in [4.69, 9.17) is 23.2 Å². The number of para-hydroxylation sites is 1. The molecule has 0 aliphatic heterocycles. The molecule has 0 fully saturated rings. The Bertz CT molecular complexity index is 1070. The van der Waals surface area contributed by atoms with Crippen molar-refractivity contribution in [2.45, 2.75) is 30.8 Å². The number of aromatic amines is 1. The largest absolute Gasteiger partial charge is 0.355 e. The first kappa shape index (κ1) is 21.7. The van der Waals surface area contributed by atoms with Gasteiger partial charge in [0.05, 0.1) is 16.7 Å². The molecule has 8 heteroatoms. The molecule has 0 aliphatic rings. The zero-order valence-electron chi connectivity index (χ0n) is 15.9. The number of hydrogen-bond donors (Lipinski definition) is 2. The van der Waals surface area contributed by atoms with Gasteiger partial charge < -0.3 is 10.3 Å². The molecule has 0 aliphatic carbocycles. The van der Waals surface area contributed by atoms with Crippen LogP contribution >= 0.6 is 35.0 Å². The summed E-state index contributed by atoms with van der Waals surface area (Å²) in [5.41, 5.74) is 1.38. The quantitative estimate of drug-likeness (QED) is 0.373. The van der Waals surface area contributed by atoms with Crippen LogP contribution in [-0.4, -0.2) is 28.2 Å². The third-order valence-corrected chi connectivity index (χ3v) is 5.95. The molecule has 0 radical (unpaired) electrons. The van der Waals surface area contributed by atoms with Crippen molar-refractivity contribution in [2.75, 3.05) is 12.3 Å². The molecule has 29 heavy (non-hydrogen) atoms. The van der Waals surface area contributed by atoms with Crippen LogP contribution in [0.2, 0.25) is 10.0 Å². The van der Waals surface area contributed by atoms with Crippen LogP contribution in [0.1, 0.15) is 31.2 Å². The summed E-state index contributed by atoms with van der Waals surface area (Å²) in [6.07, 6.45) is 1.87. The van der Waals surface area contributed by atoms with Crippen LogP contribution in [0.5, 0.6) is 0 Å².